The zero-order chi connectivity index (χ0) is 14.6. The van der Waals surface area contributed by atoms with Crippen LogP contribution in [-0.2, 0) is 9.59 Å². The molecule has 0 unspecified atom stereocenters. The number of nitrogens with one attached hydrogen (secondary N) is 1. The van der Waals surface area contributed by atoms with E-state index in [-0.39, 0.29) is 11.8 Å². The van der Waals surface area contributed by atoms with Gasteiger partial charge in [0.2, 0.25) is 11.8 Å². The maximum atomic E-state index is 12.9. The first-order chi connectivity index (χ1) is 9.53. The van der Waals surface area contributed by atoms with Crippen molar-refractivity contribution in [3.05, 3.63) is 0 Å². The average Bonchev–Trinajstić information content (AvgIpc) is 2.51. The highest BCUT2D eigenvalue weighted by atomic mass is 16.2. The summed E-state index contributed by atoms with van der Waals surface area (Å²) in [7, 11) is 0. The molecule has 1 aliphatic carbocycles. The molecule has 0 atom stereocenters. The van der Waals surface area contributed by atoms with Crippen LogP contribution in [0, 0.1) is 5.92 Å². The highest BCUT2D eigenvalue weighted by Gasteiger charge is 2.44. The summed E-state index contributed by atoms with van der Waals surface area (Å²) in [6.45, 7) is 5.80. The molecule has 2 rings (SSSR count). The molecule has 1 saturated carbocycles. The zero-order valence-electron chi connectivity index (χ0n) is 12.9. The first kappa shape index (κ1) is 15.3. The van der Waals surface area contributed by atoms with E-state index in [1.54, 1.807) is 0 Å². The molecule has 1 saturated heterocycles. The van der Waals surface area contributed by atoms with Crippen LogP contribution in [0.2, 0.25) is 0 Å². The molecule has 2 amide bonds. The maximum absolute atomic E-state index is 12.9. The lowest BCUT2D eigenvalue weighted by molar-refractivity contribution is -0.140. The summed E-state index contributed by atoms with van der Waals surface area (Å²) in [6, 6.07) is 0. The van der Waals surface area contributed by atoms with Gasteiger partial charge < -0.3 is 10.2 Å². The highest BCUT2D eigenvalue weighted by Crippen LogP contribution is 2.31. The topological polar surface area (TPSA) is 49.4 Å². The third-order valence-electron chi connectivity index (χ3n) is 4.60. The Balaban J connectivity index is 2.04. The molecule has 0 aromatic rings. The van der Waals surface area contributed by atoms with Gasteiger partial charge in [0.1, 0.15) is 5.54 Å². The molecule has 1 spiro atoms. The lowest BCUT2D eigenvalue weighted by atomic mass is 9.80. The summed E-state index contributed by atoms with van der Waals surface area (Å²) in [6.07, 6.45) is 7.54. The van der Waals surface area contributed by atoms with E-state index in [0.717, 1.165) is 45.1 Å². The average molecular weight is 280 g/mol. The fraction of sp³-hybridized carbons (Fsp3) is 0.875. The van der Waals surface area contributed by atoms with E-state index in [0.29, 0.717) is 18.9 Å². The molecule has 0 aromatic carbocycles. The minimum absolute atomic E-state index is 0.0478. The number of carbonyl (C=O) groups is 2. The van der Waals surface area contributed by atoms with Gasteiger partial charge in [-0.25, -0.2) is 0 Å². The standard InChI is InChI=1S/C16H28N2O2/c1-13(2)7-6-11-18-12-8-14(19)17-16(15(18)20)9-4-3-5-10-16/h13H,3-12H2,1-2H3,(H,17,19). The van der Waals surface area contributed by atoms with Gasteiger partial charge in [0, 0.05) is 19.5 Å². The van der Waals surface area contributed by atoms with E-state index in [4.69, 9.17) is 0 Å². The Labute approximate surface area is 122 Å². The van der Waals surface area contributed by atoms with Crippen molar-refractivity contribution in [2.75, 3.05) is 13.1 Å². The Morgan fingerprint density at radius 1 is 1.20 bits per heavy atom. The van der Waals surface area contributed by atoms with E-state index < -0.39 is 5.54 Å². The van der Waals surface area contributed by atoms with Crippen LogP contribution in [0.1, 0.15) is 65.2 Å². The van der Waals surface area contributed by atoms with E-state index in [9.17, 15) is 9.59 Å². The summed E-state index contributed by atoms with van der Waals surface area (Å²) < 4.78 is 0. The monoisotopic (exact) mass is 280 g/mol. The third kappa shape index (κ3) is 3.53. The van der Waals surface area contributed by atoms with Crippen molar-refractivity contribution in [1.82, 2.24) is 10.2 Å². The van der Waals surface area contributed by atoms with Crippen molar-refractivity contribution >= 4 is 11.8 Å². The summed E-state index contributed by atoms with van der Waals surface area (Å²) in [5.74, 6) is 0.888. The molecule has 20 heavy (non-hydrogen) atoms. The van der Waals surface area contributed by atoms with Crippen LogP contribution < -0.4 is 5.32 Å². The van der Waals surface area contributed by atoms with Crippen molar-refractivity contribution in [2.45, 2.75) is 70.8 Å². The van der Waals surface area contributed by atoms with Crippen molar-refractivity contribution in [3.63, 3.8) is 0 Å². The first-order valence-electron chi connectivity index (χ1n) is 8.14. The Hall–Kier alpha value is -1.06. The van der Waals surface area contributed by atoms with Crippen molar-refractivity contribution in [2.24, 2.45) is 5.92 Å². The summed E-state index contributed by atoms with van der Waals surface area (Å²) >= 11 is 0. The Morgan fingerprint density at radius 3 is 2.55 bits per heavy atom. The minimum atomic E-state index is -0.580. The lowest BCUT2D eigenvalue weighted by Crippen LogP contribution is -2.58. The lowest BCUT2D eigenvalue weighted by Gasteiger charge is -2.38. The fourth-order valence-corrected chi connectivity index (χ4v) is 3.42. The van der Waals surface area contributed by atoms with E-state index >= 15 is 0 Å². The van der Waals surface area contributed by atoms with Crippen LogP contribution in [0.5, 0.6) is 0 Å². The fourth-order valence-electron chi connectivity index (χ4n) is 3.42. The number of hydrogen-bond donors (Lipinski definition) is 1. The van der Waals surface area contributed by atoms with Gasteiger partial charge in [-0.2, -0.15) is 0 Å². The van der Waals surface area contributed by atoms with Gasteiger partial charge in [-0.1, -0.05) is 33.1 Å². The number of amides is 2. The molecule has 1 aliphatic heterocycles. The molecular weight excluding hydrogens is 252 g/mol. The smallest absolute Gasteiger partial charge is 0.248 e. The molecular formula is C16H28N2O2. The first-order valence-corrected chi connectivity index (χ1v) is 8.14. The largest absolute Gasteiger partial charge is 0.342 e. The molecule has 0 radical (unpaired) electrons. The van der Waals surface area contributed by atoms with Gasteiger partial charge in [0.15, 0.2) is 0 Å². The molecule has 114 valence electrons. The van der Waals surface area contributed by atoms with E-state index in [2.05, 4.69) is 19.2 Å². The molecule has 1 N–H and O–H groups in total. The third-order valence-corrected chi connectivity index (χ3v) is 4.60. The van der Waals surface area contributed by atoms with Gasteiger partial charge >= 0.3 is 0 Å². The van der Waals surface area contributed by atoms with E-state index in [1.165, 1.54) is 6.42 Å². The van der Waals surface area contributed by atoms with Crippen LogP contribution in [0.4, 0.5) is 0 Å². The Morgan fingerprint density at radius 2 is 1.90 bits per heavy atom. The number of carbonyl (C=O) groups excluding carboxylic acids is 2. The van der Waals surface area contributed by atoms with Crippen LogP contribution >= 0.6 is 0 Å². The minimum Gasteiger partial charge on any atom is -0.342 e. The number of nitrogens with zero attached hydrogens (tertiary/aromatic N) is 1. The van der Waals surface area contributed by atoms with Crippen LogP contribution in [0.15, 0.2) is 0 Å². The predicted octanol–water partition coefficient (Wildman–Crippen LogP) is 2.47. The zero-order valence-corrected chi connectivity index (χ0v) is 12.9. The van der Waals surface area contributed by atoms with Crippen molar-refractivity contribution in [3.8, 4) is 0 Å². The van der Waals surface area contributed by atoms with E-state index in [1.807, 2.05) is 4.90 Å². The van der Waals surface area contributed by atoms with Gasteiger partial charge in [0.05, 0.1) is 0 Å². The van der Waals surface area contributed by atoms with Gasteiger partial charge in [-0.05, 0) is 31.6 Å². The SMILES string of the molecule is CC(C)CCCN1CCC(=O)NC2(CCCCC2)C1=O. The second kappa shape index (κ2) is 6.59. The van der Waals surface area contributed by atoms with Crippen LogP contribution in [0.25, 0.3) is 0 Å². The maximum Gasteiger partial charge on any atom is 0.248 e. The number of rotatable bonds is 4. The normalized spacial score (nSPS) is 23.1. The molecule has 4 nitrogen and oxygen atoms in total. The second-order valence-electron chi connectivity index (χ2n) is 6.77. The van der Waals surface area contributed by atoms with Gasteiger partial charge in [-0.15, -0.1) is 0 Å². The quantitative estimate of drug-likeness (QED) is 0.860. The van der Waals surface area contributed by atoms with Crippen molar-refractivity contribution in [1.29, 1.82) is 0 Å². The molecule has 0 aromatic heterocycles. The Kier molecular flexibility index (Phi) is 5.06. The summed E-state index contributed by atoms with van der Waals surface area (Å²) in [4.78, 5) is 26.7. The van der Waals surface area contributed by atoms with Gasteiger partial charge in [0.25, 0.3) is 0 Å². The second-order valence-corrected chi connectivity index (χ2v) is 6.77. The van der Waals surface area contributed by atoms with Crippen LogP contribution in [-0.4, -0.2) is 35.3 Å². The van der Waals surface area contributed by atoms with Crippen LogP contribution in [0.3, 0.4) is 0 Å². The molecule has 2 aliphatic rings. The molecule has 4 heteroatoms. The van der Waals surface area contributed by atoms with Crippen molar-refractivity contribution < 1.29 is 9.59 Å². The molecule has 2 fully saturated rings. The molecule has 0 bridgehead atoms. The van der Waals surface area contributed by atoms with Gasteiger partial charge in [-0.3, -0.25) is 9.59 Å². The Bertz CT molecular complexity index is 359. The summed E-state index contributed by atoms with van der Waals surface area (Å²) in [5, 5.41) is 3.04. The summed E-state index contributed by atoms with van der Waals surface area (Å²) in [5.41, 5.74) is -0.580. The molecule has 1 heterocycles. The number of hydrogen-bond acceptors (Lipinski definition) is 2. The highest BCUT2D eigenvalue weighted by molar-refractivity contribution is 5.93. The predicted molar refractivity (Wildman–Crippen MR) is 79.2 cm³/mol.